The van der Waals surface area contributed by atoms with Crippen molar-refractivity contribution in [1.29, 1.82) is 0 Å². The monoisotopic (exact) mass is 818 g/mol. The van der Waals surface area contributed by atoms with Gasteiger partial charge in [0.25, 0.3) is 5.91 Å². The summed E-state index contributed by atoms with van der Waals surface area (Å²) >= 11 is 14.3. The van der Waals surface area contributed by atoms with Crippen LogP contribution in [-0.2, 0) is 17.6 Å². The topological polar surface area (TPSA) is 169 Å². The average Bonchev–Trinajstić information content (AvgIpc) is 3.03. The average molecular weight is 822 g/mol. The number of hydrogen-bond donors (Lipinski definition) is 4. The van der Waals surface area contributed by atoms with Crippen molar-refractivity contribution in [2.24, 2.45) is 32.9 Å². The number of nitrogens with two attached hydrogens (primary N) is 4. The lowest BCUT2D eigenvalue weighted by Crippen LogP contribution is -2.53. The first kappa shape index (κ1) is 33.3. The Kier molecular flexibility index (Phi) is 12.5. The molecule has 1 fully saturated rings. The molecule has 10 nitrogen and oxygen atoms in total. The molecule has 0 spiro atoms. The predicted molar refractivity (Wildman–Crippen MR) is 177 cm³/mol. The summed E-state index contributed by atoms with van der Waals surface area (Å²) in [7, 11) is 0. The Balaban J connectivity index is 2.02. The summed E-state index contributed by atoms with van der Waals surface area (Å²) < 4.78 is 3.50. The number of carbonyl (C=O) groups excluding carboxylic acids is 2. The summed E-state index contributed by atoms with van der Waals surface area (Å²) in [5, 5.41) is 0. The highest BCUT2D eigenvalue weighted by Gasteiger charge is 2.56. The van der Waals surface area contributed by atoms with Crippen molar-refractivity contribution in [1.82, 2.24) is 9.80 Å². The number of aliphatic imine (C=N–C) groups is 2. The highest BCUT2D eigenvalue weighted by molar-refractivity contribution is 9.11. The fraction of sp³-hybridized carbons (Fsp3) is 0.407. The van der Waals surface area contributed by atoms with Gasteiger partial charge in [-0.1, -0.05) is 63.7 Å². The van der Waals surface area contributed by atoms with Crippen LogP contribution in [0, 0.1) is 0 Å². The standard InChI is InChI=1S/C27H34Br4N8O2/c28-19-9-17(10-20(29)13-19)15-27(16-18-11-21(30)14-22(31)12-18)23(40)38(7-3-1-5-36-24(32)33)26(41)39(27)8-4-2-6-37-25(34)35/h9-14H,1-8,15-16H2,(H4,32,33,36)(H4,34,35,37). The minimum Gasteiger partial charge on any atom is -0.370 e. The van der Waals surface area contributed by atoms with Gasteiger partial charge in [0.15, 0.2) is 11.9 Å². The number of amides is 3. The second kappa shape index (κ2) is 15.4. The number of hydrogen-bond acceptors (Lipinski definition) is 4. The zero-order chi connectivity index (χ0) is 30.2. The van der Waals surface area contributed by atoms with Crippen LogP contribution in [0.3, 0.4) is 0 Å². The van der Waals surface area contributed by atoms with E-state index in [1.54, 1.807) is 4.90 Å². The van der Waals surface area contributed by atoms with E-state index < -0.39 is 5.54 Å². The van der Waals surface area contributed by atoms with Crippen LogP contribution in [0.25, 0.3) is 0 Å². The Labute approximate surface area is 273 Å². The van der Waals surface area contributed by atoms with Crippen molar-refractivity contribution >= 4 is 87.6 Å². The van der Waals surface area contributed by atoms with Crippen LogP contribution in [0.15, 0.2) is 64.3 Å². The Morgan fingerprint density at radius 3 is 1.49 bits per heavy atom. The van der Waals surface area contributed by atoms with E-state index in [1.165, 1.54) is 4.90 Å². The van der Waals surface area contributed by atoms with Crippen molar-refractivity contribution in [2.45, 2.75) is 44.1 Å². The molecule has 0 radical (unpaired) electrons. The molecule has 8 N–H and O–H groups in total. The van der Waals surface area contributed by atoms with Gasteiger partial charge in [0.1, 0.15) is 5.54 Å². The smallest absolute Gasteiger partial charge is 0.327 e. The van der Waals surface area contributed by atoms with Crippen LogP contribution in [-0.4, -0.2) is 65.4 Å². The van der Waals surface area contributed by atoms with E-state index in [0.29, 0.717) is 58.2 Å². The van der Waals surface area contributed by atoms with Crippen molar-refractivity contribution in [3.8, 4) is 0 Å². The third-order valence-electron chi connectivity index (χ3n) is 6.63. The summed E-state index contributed by atoms with van der Waals surface area (Å²) in [4.78, 5) is 39.6. The summed E-state index contributed by atoms with van der Waals surface area (Å²) in [5.41, 5.74) is 22.5. The molecular formula is C27H34Br4N8O2. The van der Waals surface area contributed by atoms with E-state index in [4.69, 9.17) is 22.9 Å². The normalized spacial score (nSPS) is 14.4. The van der Waals surface area contributed by atoms with Crippen LogP contribution < -0.4 is 22.9 Å². The molecule has 0 atom stereocenters. The van der Waals surface area contributed by atoms with Crippen LogP contribution in [0.5, 0.6) is 0 Å². The first-order valence-electron chi connectivity index (χ1n) is 13.1. The molecule has 3 amide bonds. The Morgan fingerprint density at radius 1 is 0.659 bits per heavy atom. The second-order valence-corrected chi connectivity index (χ2v) is 13.5. The molecule has 222 valence electrons. The third kappa shape index (κ3) is 9.42. The Hall–Kier alpha value is -2.16. The van der Waals surface area contributed by atoms with Gasteiger partial charge in [-0.3, -0.25) is 19.7 Å². The number of imide groups is 1. The summed E-state index contributed by atoms with van der Waals surface area (Å²) in [6, 6.07) is 11.5. The predicted octanol–water partition coefficient (Wildman–Crippen LogP) is 4.63. The van der Waals surface area contributed by atoms with Gasteiger partial charge in [-0.25, -0.2) is 4.79 Å². The third-order valence-corrected chi connectivity index (χ3v) is 8.46. The molecule has 1 saturated heterocycles. The van der Waals surface area contributed by atoms with Crippen molar-refractivity contribution in [2.75, 3.05) is 26.2 Å². The van der Waals surface area contributed by atoms with E-state index in [0.717, 1.165) is 29.0 Å². The van der Waals surface area contributed by atoms with E-state index in [-0.39, 0.29) is 30.4 Å². The number of benzene rings is 2. The molecule has 2 aromatic carbocycles. The highest BCUT2D eigenvalue weighted by atomic mass is 79.9. The number of halogens is 4. The first-order valence-corrected chi connectivity index (χ1v) is 16.2. The van der Waals surface area contributed by atoms with E-state index in [1.807, 2.05) is 36.4 Å². The van der Waals surface area contributed by atoms with Gasteiger partial charge in [0.2, 0.25) is 0 Å². The SMILES string of the molecule is NC(N)=NCCCCN1C(=O)N(CCCCN=C(N)N)C(Cc2cc(Br)cc(Br)c2)(Cc2cc(Br)cc(Br)c2)C1=O. The molecule has 0 aromatic heterocycles. The maximum Gasteiger partial charge on any atom is 0.327 e. The van der Waals surface area contributed by atoms with E-state index in [9.17, 15) is 9.59 Å². The Bertz CT molecular complexity index is 1220. The van der Waals surface area contributed by atoms with Gasteiger partial charge < -0.3 is 27.8 Å². The fourth-order valence-corrected chi connectivity index (χ4v) is 7.75. The minimum atomic E-state index is -1.15. The molecular weight excluding hydrogens is 788 g/mol. The van der Waals surface area contributed by atoms with Crippen molar-refractivity contribution in [3.63, 3.8) is 0 Å². The van der Waals surface area contributed by atoms with E-state index >= 15 is 0 Å². The number of nitrogens with zero attached hydrogens (tertiary/aromatic N) is 4. The maximum atomic E-state index is 14.4. The van der Waals surface area contributed by atoms with Crippen LogP contribution in [0.2, 0.25) is 0 Å². The molecule has 0 unspecified atom stereocenters. The van der Waals surface area contributed by atoms with Gasteiger partial charge >= 0.3 is 6.03 Å². The number of carbonyl (C=O) groups is 2. The number of urea groups is 1. The molecule has 0 bridgehead atoms. The highest BCUT2D eigenvalue weighted by Crippen LogP contribution is 2.38. The van der Waals surface area contributed by atoms with Crippen LogP contribution in [0.1, 0.15) is 36.8 Å². The molecule has 3 rings (SSSR count). The van der Waals surface area contributed by atoms with Gasteiger partial charge in [0.05, 0.1) is 0 Å². The molecule has 2 aromatic rings. The number of rotatable bonds is 14. The van der Waals surface area contributed by atoms with Gasteiger partial charge in [-0.15, -0.1) is 0 Å². The lowest BCUT2D eigenvalue weighted by atomic mass is 9.83. The lowest BCUT2D eigenvalue weighted by Gasteiger charge is -2.36. The van der Waals surface area contributed by atoms with Crippen LogP contribution in [0.4, 0.5) is 4.79 Å². The fourth-order valence-electron chi connectivity index (χ4n) is 4.97. The molecule has 1 aliphatic heterocycles. The lowest BCUT2D eigenvalue weighted by molar-refractivity contribution is -0.133. The van der Waals surface area contributed by atoms with Gasteiger partial charge in [-0.2, -0.15) is 0 Å². The summed E-state index contributed by atoms with van der Waals surface area (Å²) in [5.74, 6) is -0.176. The first-order chi connectivity index (χ1) is 19.4. The zero-order valence-corrected chi connectivity index (χ0v) is 28.8. The number of guanidine groups is 2. The Morgan fingerprint density at radius 2 is 1.07 bits per heavy atom. The molecule has 41 heavy (non-hydrogen) atoms. The van der Waals surface area contributed by atoms with E-state index in [2.05, 4.69) is 73.7 Å². The quantitative estimate of drug-likeness (QED) is 0.0938. The van der Waals surface area contributed by atoms with Crippen molar-refractivity contribution in [3.05, 3.63) is 65.4 Å². The largest absolute Gasteiger partial charge is 0.370 e. The number of unbranched alkanes of at least 4 members (excludes halogenated alkanes) is 2. The zero-order valence-electron chi connectivity index (χ0n) is 22.5. The van der Waals surface area contributed by atoms with Gasteiger partial charge in [-0.05, 0) is 73.2 Å². The minimum absolute atomic E-state index is 0.0182. The maximum absolute atomic E-state index is 14.4. The molecule has 14 heteroatoms. The summed E-state index contributed by atoms with van der Waals surface area (Å²) in [6.45, 7) is 1.51. The molecule has 1 aliphatic rings. The van der Waals surface area contributed by atoms with Gasteiger partial charge in [0, 0.05) is 56.9 Å². The second-order valence-electron chi connectivity index (χ2n) is 9.86. The molecule has 0 saturated carbocycles. The molecule has 0 aliphatic carbocycles. The summed E-state index contributed by atoms with van der Waals surface area (Å²) in [6.07, 6.45) is 3.16. The van der Waals surface area contributed by atoms with Crippen LogP contribution >= 0.6 is 63.7 Å². The molecule has 1 heterocycles. The van der Waals surface area contributed by atoms with Crippen molar-refractivity contribution < 1.29 is 9.59 Å².